The van der Waals surface area contributed by atoms with Gasteiger partial charge in [0.2, 0.25) is 5.95 Å². The minimum Gasteiger partial charge on any atom is -0.491 e. The van der Waals surface area contributed by atoms with Crippen molar-refractivity contribution in [3.05, 3.63) is 47.8 Å². The Hall–Kier alpha value is -2.34. The number of hydrogen-bond acceptors (Lipinski definition) is 5. The van der Waals surface area contributed by atoms with Crippen molar-refractivity contribution in [3.63, 3.8) is 0 Å². The molecule has 0 aliphatic carbocycles. The average molecular weight is 355 g/mol. The molecule has 2 aromatic rings. The van der Waals surface area contributed by atoms with E-state index in [9.17, 15) is 0 Å². The predicted octanol–water partition coefficient (Wildman–Crippen LogP) is 3.28. The Morgan fingerprint density at radius 2 is 2.15 bits per heavy atom. The first kappa shape index (κ1) is 18.5. The van der Waals surface area contributed by atoms with Gasteiger partial charge in [0, 0.05) is 12.5 Å². The normalized spacial score (nSPS) is 16.1. The topological polar surface area (TPSA) is 80.1 Å². The number of nitrogens with two attached hydrogens (primary N) is 1. The summed E-state index contributed by atoms with van der Waals surface area (Å²) in [5.74, 6) is 2.64. The fourth-order valence-electron chi connectivity index (χ4n) is 3.51. The number of hydrogen-bond donors (Lipinski definition) is 2. The molecule has 2 heterocycles. The number of likely N-dealkylation sites (tertiary alicyclic amines) is 1. The van der Waals surface area contributed by atoms with E-state index in [1.165, 1.54) is 11.1 Å². The molecule has 1 aromatic heterocycles. The van der Waals surface area contributed by atoms with Gasteiger partial charge in [0.15, 0.2) is 0 Å². The lowest BCUT2D eigenvalue weighted by Crippen LogP contribution is -2.32. The van der Waals surface area contributed by atoms with Crippen molar-refractivity contribution in [2.24, 2.45) is 0 Å². The molecule has 0 atom stereocenters. The molecular formula is C20H29N5O. The SMILES string of the molecule is C=CCc1cc(CN2CCC(c3nc(N)n[nH]3)CC2)ccc1OC(C)C. The molecular weight excluding hydrogens is 326 g/mol. The highest BCUT2D eigenvalue weighted by Gasteiger charge is 2.23. The number of aromatic amines is 1. The zero-order valence-electron chi connectivity index (χ0n) is 15.7. The Labute approximate surface area is 155 Å². The maximum Gasteiger partial charge on any atom is 0.239 e. The second kappa shape index (κ2) is 8.36. The number of allylic oxidation sites excluding steroid dienone is 1. The number of anilines is 1. The Balaban J connectivity index is 1.60. The van der Waals surface area contributed by atoms with Gasteiger partial charge >= 0.3 is 0 Å². The molecule has 3 rings (SSSR count). The Kier molecular flexibility index (Phi) is 5.93. The first-order valence-electron chi connectivity index (χ1n) is 9.34. The number of piperidine rings is 1. The fraction of sp³-hybridized carbons (Fsp3) is 0.500. The van der Waals surface area contributed by atoms with Crippen LogP contribution >= 0.6 is 0 Å². The Morgan fingerprint density at radius 1 is 1.38 bits per heavy atom. The maximum atomic E-state index is 5.92. The second-order valence-electron chi connectivity index (χ2n) is 7.23. The van der Waals surface area contributed by atoms with Crippen LogP contribution in [0.5, 0.6) is 5.75 Å². The van der Waals surface area contributed by atoms with Crippen LogP contribution in [0.25, 0.3) is 0 Å². The zero-order chi connectivity index (χ0) is 18.5. The molecule has 26 heavy (non-hydrogen) atoms. The summed E-state index contributed by atoms with van der Waals surface area (Å²) in [6, 6.07) is 6.52. The van der Waals surface area contributed by atoms with E-state index in [0.717, 1.165) is 50.5 Å². The molecule has 140 valence electrons. The van der Waals surface area contributed by atoms with Gasteiger partial charge in [-0.15, -0.1) is 11.7 Å². The number of nitrogens with one attached hydrogen (secondary N) is 1. The molecule has 3 N–H and O–H groups in total. The number of rotatable bonds is 7. The standard InChI is InChI=1S/C20H29N5O/c1-4-5-17-12-15(6-7-18(17)26-14(2)3)13-25-10-8-16(9-11-25)19-22-20(21)24-23-19/h4,6-7,12,14,16H,1,5,8-11,13H2,2-3H3,(H3,21,22,23,24). The van der Waals surface area contributed by atoms with Crippen LogP contribution in [0.15, 0.2) is 30.9 Å². The Morgan fingerprint density at radius 3 is 2.77 bits per heavy atom. The van der Waals surface area contributed by atoms with Gasteiger partial charge in [0.25, 0.3) is 0 Å². The lowest BCUT2D eigenvalue weighted by atomic mass is 9.95. The minimum atomic E-state index is 0.175. The molecule has 6 heteroatoms. The van der Waals surface area contributed by atoms with Gasteiger partial charge in [-0.05, 0) is 63.4 Å². The number of benzene rings is 1. The van der Waals surface area contributed by atoms with E-state index < -0.39 is 0 Å². The van der Waals surface area contributed by atoms with E-state index in [0.29, 0.717) is 11.9 Å². The summed E-state index contributed by atoms with van der Waals surface area (Å²) in [5, 5.41) is 6.90. The van der Waals surface area contributed by atoms with Gasteiger partial charge in [-0.1, -0.05) is 18.2 Å². The minimum absolute atomic E-state index is 0.175. The van der Waals surface area contributed by atoms with Crippen molar-refractivity contribution in [1.29, 1.82) is 0 Å². The molecule has 0 unspecified atom stereocenters. The van der Waals surface area contributed by atoms with Gasteiger partial charge in [0.1, 0.15) is 11.6 Å². The number of H-pyrrole nitrogens is 1. The van der Waals surface area contributed by atoms with Crippen molar-refractivity contribution in [3.8, 4) is 5.75 Å². The molecule has 6 nitrogen and oxygen atoms in total. The quantitative estimate of drug-likeness (QED) is 0.745. The highest BCUT2D eigenvalue weighted by Crippen LogP contribution is 2.28. The van der Waals surface area contributed by atoms with Crippen LogP contribution in [0.2, 0.25) is 0 Å². The summed E-state index contributed by atoms with van der Waals surface area (Å²) >= 11 is 0. The molecule has 0 saturated carbocycles. The largest absolute Gasteiger partial charge is 0.491 e. The average Bonchev–Trinajstić information content (AvgIpc) is 3.04. The summed E-state index contributed by atoms with van der Waals surface area (Å²) < 4.78 is 5.92. The highest BCUT2D eigenvalue weighted by atomic mass is 16.5. The smallest absolute Gasteiger partial charge is 0.239 e. The second-order valence-corrected chi connectivity index (χ2v) is 7.23. The summed E-state index contributed by atoms with van der Waals surface area (Å²) in [4.78, 5) is 6.77. The van der Waals surface area contributed by atoms with Crippen LogP contribution in [0, 0.1) is 0 Å². The number of nitrogen functional groups attached to an aromatic ring is 1. The monoisotopic (exact) mass is 355 g/mol. The summed E-state index contributed by atoms with van der Waals surface area (Å²) in [5.41, 5.74) is 8.14. The zero-order valence-corrected chi connectivity index (χ0v) is 15.7. The number of aromatic nitrogens is 3. The molecule has 0 radical (unpaired) electrons. The van der Waals surface area contributed by atoms with Crippen LogP contribution in [0.3, 0.4) is 0 Å². The fourth-order valence-corrected chi connectivity index (χ4v) is 3.51. The molecule has 0 amide bonds. The Bertz CT molecular complexity index is 732. The van der Waals surface area contributed by atoms with Crippen LogP contribution in [0.1, 0.15) is 49.6 Å². The molecule has 1 aliphatic rings. The summed E-state index contributed by atoms with van der Waals surface area (Å²) in [6.07, 6.45) is 5.07. The van der Waals surface area contributed by atoms with Gasteiger partial charge in [-0.25, -0.2) is 0 Å². The van der Waals surface area contributed by atoms with Crippen LogP contribution in [-0.2, 0) is 13.0 Å². The molecule has 0 bridgehead atoms. The first-order valence-corrected chi connectivity index (χ1v) is 9.34. The van der Waals surface area contributed by atoms with Gasteiger partial charge in [-0.2, -0.15) is 4.98 Å². The molecule has 1 fully saturated rings. The molecule has 1 aromatic carbocycles. The molecule has 1 aliphatic heterocycles. The predicted molar refractivity (Wildman–Crippen MR) is 104 cm³/mol. The van der Waals surface area contributed by atoms with Crippen molar-refractivity contribution in [2.45, 2.75) is 51.7 Å². The summed E-state index contributed by atoms with van der Waals surface area (Å²) in [7, 11) is 0. The lowest BCUT2D eigenvalue weighted by molar-refractivity contribution is 0.201. The summed E-state index contributed by atoms with van der Waals surface area (Å²) in [6.45, 7) is 11.0. The first-order chi connectivity index (χ1) is 12.5. The van der Waals surface area contributed by atoms with Crippen LogP contribution in [0.4, 0.5) is 5.95 Å². The maximum absolute atomic E-state index is 5.92. The van der Waals surface area contributed by atoms with E-state index in [1.54, 1.807) is 0 Å². The third-order valence-corrected chi connectivity index (χ3v) is 4.75. The van der Waals surface area contributed by atoms with Crippen molar-refractivity contribution >= 4 is 5.95 Å². The van der Waals surface area contributed by atoms with E-state index in [1.807, 2.05) is 6.08 Å². The van der Waals surface area contributed by atoms with Gasteiger partial charge in [-0.3, -0.25) is 10.00 Å². The molecule has 1 saturated heterocycles. The third kappa shape index (κ3) is 4.64. The highest BCUT2D eigenvalue weighted by molar-refractivity contribution is 5.38. The van der Waals surface area contributed by atoms with E-state index in [-0.39, 0.29) is 6.10 Å². The van der Waals surface area contributed by atoms with E-state index in [4.69, 9.17) is 10.5 Å². The third-order valence-electron chi connectivity index (χ3n) is 4.75. The van der Waals surface area contributed by atoms with Crippen molar-refractivity contribution in [1.82, 2.24) is 20.1 Å². The van der Waals surface area contributed by atoms with Crippen LogP contribution < -0.4 is 10.5 Å². The molecule has 0 spiro atoms. The van der Waals surface area contributed by atoms with Gasteiger partial charge in [0.05, 0.1) is 6.10 Å². The van der Waals surface area contributed by atoms with E-state index in [2.05, 4.69) is 58.7 Å². The van der Waals surface area contributed by atoms with Crippen molar-refractivity contribution < 1.29 is 4.74 Å². The van der Waals surface area contributed by atoms with E-state index >= 15 is 0 Å². The van der Waals surface area contributed by atoms with Crippen LogP contribution in [-0.4, -0.2) is 39.3 Å². The van der Waals surface area contributed by atoms with Crippen molar-refractivity contribution in [2.75, 3.05) is 18.8 Å². The lowest BCUT2D eigenvalue weighted by Gasteiger charge is -2.31. The number of nitrogens with zero attached hydrogens (tertiary/aromatic N) is 3. The number of ether oxygens (including phenoxy) is 1. The van der Waals surface area contributed by atoms with Gasteiger partial charge < -0.3 is 10.5 Å².